The number of carboxylic acids is 1. The third-order valence-electron chi connectivity index (χ3n) is 2.14. The Morgan fingerprint density at radius 3 is 2.20 bits per heavy atom. The molecule has 0 fully saturated rings. The molecule has 5 heteroatoms. The number of nitrogens with one attached hydrogen (secondary N) is 1. The molecule has 1 amide bonds. The largest absolute Gasteiger partial charge is 0.480 e. The molecule has 5 nitrogen and oxygen atoms in total. The third-order valence-corrected chi connectivity index (χ3v) is 2.14. The van der Waals surface area contributed by atoms with Crippen molar-refractivity contribution in [3.05, 3.63) is 0 Å². The van der Waals surface area contributed by atoms with Crippen LogP contribution in [0.5, 0.6) is 0 Å². The summed E-state index contributed by atoms with van der Waals surface area (Å²) in [6.45, 7) is 5.67. The van der Waals surface area contributed by atoms with Gasteiger partial charge in [0.25, 0.3) is 0 Å². The first-order valence-corrected chi connectivity index (χ1v) is 5.11. The van der Waals surface area contributed by atoms with E-state index in [-0.39, 0.29) is 18.4 Å². The zero-order chi connectivity index (χ0) is 12.0. The van der Waals surface area contributed by atoms with Gasteiger partial charge in [-0.25, -0.2) is 0 Å². The number of carbonyl (C=O) groups excluding carboxylic acids is 1. The molecule has 0 aromatic carbocycles. The molecule has 4 N–H and O–H groups in total. The summed E-state index contributed by atoms with van der Waals surface area (Å²) in [4.78, 5) is 22.1. The zero-order valence-electron chi connectivity index (χ0n) is 9.49. The van der Waals surface area contributed by atoms with Gasteiger partial charge in [-0.3, -0.25) is 9.59 Å². The number of carbonyl (C=O) groups is 2. The number of hydrogen-bond acceptors (Lipinski definition) is 3. The minimum atomic E-state index is -1.04. The smallest absolute Gasteiger partial charge is 0.325 e. The predicted octanol–water partition coefficient (Wildman–Crippen LogP) is 0.197. The first-order chi connectivity index (χ1) is 6.88. The highest BCUT2D eigenvalue weighted by molar-refractivity contribution is 5.84. The summed E-state index contributed by atoms with van der Waals surface area (Å²) in [5.41, 5.74) is 5.47. The van der Waals surface area contributed by atoms with Crippen molar-refractivity contribution in [1.29, 1.82) is 0 Å². The van der Waals surface area contributed by atoms with Crippen molar-refractivity contribution in [3.8, 4) is 0 Å². The molecule has 15 heavy (non-hydrogen) atoms. The molecule has 0 heterocycles. The fraction of sp³-hybridized carbons (Fsp3) is 0.800. The minimum Gasteiger partial charge on any atom is -0.480 e. The van der Waals surface area contributed by atoms with E-state index in [0.717, 1.165) is 0 Å². The van der Waals surface area contributed by atoms with E-state index in [1.807, 2.05) is 13.8 Å². The van der Waals surface area contributed by atoms with Gasteiger partial charge in [-0.2, -0.15) is 0 Å². The van der Waals surface area contributed by atoms with E-state index in [9.17, 15) is 9.59 Å². The molecule has 0 aliphatic heterocycles. The van der Waals surface area contributed by atoms with Crippen molar-refractivity contribution in [1.82, 2.24) is 5.32 Å². The topological polar surface area (TPSA) is 92.4 Å². The van der Waals surface area contributed by atoms with E-state index in [2.05, 4.69) is 5.32 Å². The minimum absolute atomic E-state index is 0.246. The van der Waals surface area contributed by atoms with Gasteiger partial charge >= 0.3 is 5.97 Å². The summed E-state index contributed by atoms with van der Waals surface area (Å²) < 4.78 is 0. The molecule has 2 atom stereocenters. The Morgan fingerprint density at radius 1 is 1.33 bits per heavy atom. The van der Waals surface area contributed by atoms with Gasteiger partial charge in [0.1, 0.15) is 6.04 Å². The lowest BCUT2D eigenvalue weighted by Crippen LogP contribution is -2.43. The number of hydrogen-bond donors (Lipinski definition) is 3. The third kappa shape index (κ3) is 5.37. The molecular weight excluding hydrogens is 196 g/mol. The molecule has 0 rings (SSSR count). The maximum Gasteiger partial charge on any atom is 0.325 e. The Labute approximate surface area is 90.0 Å². The molecule has 0 saturated heterocycles. The molecular formula is C10H20N2O3. The van der Waals surface area contributed by atoms with Crippen LogP contribution in [0.25, 0.3) is 0 Å². The maximum atomic E-state index is 11.6. The number of nitrogens with two attached hydrogens (primary N) is 1. The van der Waals surface area contributed by atoms with Crippen LogP contribution in [0.3, 0.4) is 0 Å². The summed E-state index contributed by atoms with van der Waals surface area (Å²) in [6, 6.07) is -0.862. The Morgan fingerprint density at radius 2 is 1.87 bits per heavy atom. The lowest BCUT2D eigenvalue weighted by atomic mass is 9.96. The van der Waals surface area contributed by atoms with Gasteiger partial charge in [-0.15, -0.1) is 0 Å². The highest BCUT2D eigenvalue weighted by Gasteiger charge is 2.21. The van der Waals surface area contributed by atoms with E-state index in [0.29, 0.717) is 12.3 Å². The second-order valence-electron chi connectivity index (χ2n) is 4.13. The van der Waals surface area contributed by atoms with Crippen LogP contribution in [-0.4, -0.2) is 29.6 Å². The van der Waals surface area contributed by atoms with E-state index in [4.69, 9.17) is 10.8 Å². The van der Waals surface area contributed by atoms with Crippen LogP contribution >= 0.6 is 0 Å². The molecule has 1 unspecified atom stereocenters. The van der Waals surface area contributed by atoms with Gasteiger partial charge in [0.2, 0.25) is 5.91 Å². The van der Waals surface area contributed by atoms with Crippen molar-refractivity contribution >= 4 is 11.9 Å². The molecule has 0 spiro atoms. The van der Waals surface area contributed by atoms with E-state index < -0.39 is 12.0 Å². The van der Waals surface area contributed by atoms with Crippen LogP contribution in [0.15, 0.2) is 0 Å². The van der Waals surface area contributed by atoms with Gasteiger partial charge in [0.15, 0.2) is 0 Å². The van der Waals surface area contributed by atoms with Crippen molar-refractivity contribution in [2.45, 2.75) is 33.2 Å². The summed E-state index contributed by atoms with van der Waals surface area (Å²) in [5.74, 6) is -1.25. The molecule has 0 aromatic heterocycles. The van der Waals surface area contributed by atoms with Crippen LogP contribution in [0.2, 0.25) is 0 Å². The summed E-state index contributed by atoms with van der Waals surface area (Å²) >= 11 is 0. The van der Waals surface area contributed by atoms with Crippen LogP contribution in [-0.2, 0) is 9.59 Å². The fourth-order valence-electron chi connectivity index (χ4n) is 1.27. The van der Waals surface area contributed by atoms with Gasteiger partial charge in [-0.1, -0.05) is 13.8 Å². The van der Waals surface area contributed by atoms with E-state index >= 15 is 0 Å². The average Bonchev–Trinajstić information content (AvgIpc) is 2.13. The first-order valence-electron chi connectivity index (χ1n) is 5.11. The summed E-state index contributed by atoms with van der Waals surface area (Å²) in [7, 11) is 0. The Bertz CT molecular complexity index is 229. The SMILES string of the molecule is CC(C)CC(CN)C(=O)N[C@H](C)C(=O)O. The quantitative estimate of drug-likeness (QED) is 0.591. The normalized spacial score (nSPS) is 14.7. The molecule has 0 aromatic rings. The van der Waals surface area contributed by atoms with Crippen LogP contribution < -0.4 is 11.1 Å². The maximum absolute atomic E-state index is 11.6. The predicted molar refractivity (Wildman–Crippen MR) is 57.2 cm³/mol. The Kier molecular flexibility index (Phi) is 5.93. The molecule has 0 aliphatic rings. The standard InChI is InChI=1S/C10H20N2O3/c1-6(2)4-8(5-11)9(13)12-7(3)10(14)15/h6-8H,4-5,11H2,1-3H3,(H,12,13)(H,14,15)/t7-,8?/m1/s1. The second-order valence-corrected chi connectivity index (χ2v) is 4.13. The lowest BCUT2D eigenvalue weighted by Gasteiger charge is -2.18. The summed E-state index contributed by atoms with van der Waals surface area (Å²) in [5, 5.41) is 11.0. The molecule has 0 bridgehead atoms. The molecule has 0 saturated carbocycles. The van der Waals surface area contributed by atoms with Crippen molar-refractivity contribution in [3.63, 3.8) is 0 Å². The summed E-state index contributed by atoms with van der Waals surface area (Å²) in [6.07, 6.45) is 0.675. The van der Waals surface area contributed by atoms with Crippen LogP contribution in [0.4, 0.5) is 0 Å². The van der Waals surface area contributed by atoms with Gasteiger partial charge in [-0.05, 0) is 19.3 Å². The second kappa shape index (κ2) is 6.40. The highest BCUT2D eigenvalue weighted by atomic mass is 16.4. The number of rotatable bonds is 6. The van der Waals surface area contributed by atoms with Crippen LogP contribution in [0.1, 0.15) is 27.2 Å². The Balaban J connectivity index is 4.21. The van der Waals surface area contributed by atoms with Gasteiger partial charge < -0.3 is 16.2 Å². The van der Waals surface area contributed by atoms with E-state index in [1.165, 1.54) is 6.92 Å². The van der Waals surface area contributed by atoms with Crippen LogP contribution in [0, 0.1) is 11.8 Å². The van der Waals surface area contributed by atoms with Crippen molar-refractivity contribution in [2.24, 2.45) is 17.6 Å². The molecule has 88 valence electrons. The Hall–Kier alpha value is -1.10. The van der Waals surface area contributed by atoms with Crippen molar-refractivity contribution < 1.29 is 14.7 Å². The fourth-order valence-corrected chi connectivity index (χ4v) is 1.27. The monoisotopic (exact) mass is 216 g/mol. The number of amides is 1. The highest BCUT2D eigenvalue weighted by Crippen LogP contribution is 2.10. The van der Waals surface area contributed by atoms with E-state index in [1.54, 1.807) is 0 Å². The zero-order valence-corrected chi connectivity index (χ0v) is 9.49. The van der Waals surface area contributed by atoms with Gasteiger partial charge in [0.05, 0.1) is 5.92 Å². The van der Waals surface area contributed by atoms with Gasteiger partial charge in [0, 0.05) is 6.54 Å². The first kappa shape index (κ1) is 13.9. The number of aliphatic carboxylic acids is 1. The van der Waals surface area contributed by atoms with Crippen molar-refractivity contribution in [2.75, 3.05) is 6.54 Å². The average molecular weight is 216 g/mol. The molecule has 0 aliphatic carbocycles. The molecule has 0 radical (unpaired) electrons. The number of carboxylic acid groups (broad SMARTS) is 1. The lowest BCUT2D eigenvalue weighted by molar-refractivity contribution is -0.141.